The van der Waals surface area contributed by atoms with E-state index < -0.39 is 20.9 Å². The molecule has 0 aromatic heterocycles. The average molecular weight is 461 g/mol. The van der Waals surface area contributed by atoms with E-state index in [1.54, 1.807) is 25.1 Å². The Hall–Kier alpha value is -2.98. The topological polar surface area (TPSA) is 113 Å². The van der Waals surface area contributed by atoms with Gasteiger partial charge in [0.25, 0.3) is 11.6 Å². The first-order valence-corrected chi connectivity index (χ1v) is 11.8. The summed E-state index contributed by atoms with van der Waals surface area (Å²) in [5.41, 5.74) is 1.52. The van der Waals surface area contributed by atoms with E-state index >= 15 is 0 Å². The monoisotopic (exact) mass is 460 g/mol. The van der Waals surface area contributed by atoms with Gasteiger partial charge in [0.15, 0.2) is 0 Å². The summed E-state index contributed by atoms with van der Waals surface area (Å²) in [6.07, 6.45) is 1.93. The van der Waals surface area contributed by atoms with Gasteiger partial charge in [-0.25, -0.2) is 12.7 Å². The second-order valence-corrected chi connectivity index (χ2v) is 10.5. The van der Waals surface area contributed by atoms with Crippen LogP contribution in [0.5, 0.6) is 0 Å². The molecule has 9 nitrogen and oxygen atoms in total. The Morgan fingerprint density at radius 1 is 1.16 bits per heavy atom. The molecule has 10 heteroatoms. The second kappa shape index (κ2) is 9.25. The van der Waals surface area contributed by atoms with Crippen LogP contribution >= 0.6 is 0 Å². The van der Waals surface area contributed by atoms with Crippen molar-refractivity contribution in [1.29, 1.82) is 0 Å². The van der Waals surface area contributed by atoms with Crippen LogP contribution in [-0.2, 0) is 10.0 Å². The highest BCUT2D eigenvalue weighted by Crippen LogP contribution is 2.33. The second-order valence-electron chi connectivity index (χ2n) is 8.35. The molecule has 2 aromatic carbocycles. The van der Waals surface area contributed by atoms with Crippen molar-refractivity contribution in [2.75, 3.05) is 37.4 Å². The van der Waals surface area contributed by atoms with Gasteiger partial charge in [0.2, 0.25) is 10.0 Å². The molecule has 1 aliphatic rings. The molecule has 0 saturated carbocycles. The number of hydrogen-bond donors (Lipinski definition) is 1. The van der Waals surface area contributed by atoms with Crippen LogP contribution in [-0.4, -0.2) is 50.7 Å². The molecule has 1 N–H and O–H groups in total. The smallest absolute Gasteiger partial charge is 0.293 e. The standard InChI is InChI=1S/C22H28N4O5S/c1-15-9-11-25(12-10-15)20-8-6-17(13-21(20)26(28)29)22(27)23-19-14-18(7-5-16(19)2)32(30,31)24(3)4/h5-8,13-15H,9-12H2,1-4H3,(H,23,27). The molecule has 1 aliphatic heterocycles. The number of nitrogens with zero attached hydrogens (tertiary/aromatic N) is 3. The van der Waals surface area contributed by atoms with E-state index in [9.17, 15) is 23.3 Å². The lowest BCUT2D eigenvalue weighted by Crippen LogP contribution is -2.33. The molecule has 3 rings (SSSR count). The van der Waals surface area contributed by atoms with Crippen molar-refractivity contribution >= 4 is 33.0 Å². The number of benzene rings is 2. The zero-order valence-electron chi connectivity index (χ0n) is 18.7. The first-order valence-electron chi connectivity index (χ1n) is 10.4. The summed E-state index contributed by atoms with van der Waals surface area (Å²) >= 11 is 0. The highest BCUT2D eigenvalue weighted by molar-refractivity contribution is 7.89. The van der Waals surface area contributed by atoms with Gasteiger partial charge >= 0.3 is 0 Å². The minimum Gasteiger partial charge on any atom is -0.366 e. The number of anilines is 2. The summed E-state index contributed by atoms with van der Waals surface area (Å²) in [4.78, 5) is 26.1. The van der Waals surface area contributed by atoms with Gasteiger partial charge < -0.3 is 10.2 Å². The molecule has 0 atom stereocenters. The van der Waals surface area contributed by atoms with Crippen LogP contribution in [0.2, 0.25) is 0 Å². The fraction of sp³-hybridized carbons (Fsp3) is 0.409. The SMILES string of the molecule is Cc1ccc(S(=O)(=O)N(C)C)cc1NC(=O)c1ccc(N2CCC(C)CC2)c([N+](=O)[O-])c1. The van der Waals surface area contributed by atoms with E-state index in [0.717, 1.165) is 30.2 Å². The molecule has 1 amide bonds. The third-order valence-corrected chi connectivity index (χ3v) is 7.61. The van der Waals surface area contributed by atoms with Crippen molar-refractivity contribution < 1.29 is 18.1 Å². The maximum absolute atomic E-state index is 12.9. The molecule has 172 valence electrons. The Labute approximate surface area is 188 Å². The number of piperidine rings is 1. The van der Waals surface area contributed by atoms with Gasteiger partial charge in [-0.2, -0.15) is 0 Å². The van der Waals surface area contributed by atoms with Crippen LogP contribution in [0.4, 0.5) is 17.1 Å². The number of nitrogens with one attached hydrogen (secondary N) is 1. The van der Waals surface area contributed by atoms with Gasteiger partial charge in [-0.05, 0) is 55.5 Å². The van der Waals surface area contributed by atoms with E-state index in [0.29, 0.717) is 22.9 Å². The van der Waals surface area contributed by atoms with Gasteiger partial charge in [-0.3, -0.25) is 14.9 Å². The van der Waals surface area contributed by atoms with Gasteiger partial charge in [0, 0.05) is 44.5 Å². The maximum Gasteiger partial charge on any atom is 0.293 e. The van der Waals surface area contributed by atoms with Crippen LogP contribution in [0.3, 0.4) is 0 Å². The highest BCUT2D eigenvalue weighted by Gasteiger charge is 2.25. The first kappa shape index (κ1) is 23.7. The molecule has 1 fully saturated rings. The Morgan fingerprint density at radius 3 is 2.41 bits per heavy atom. The lowest BCUT2D eigenvalue weighted by molar-refractivity contribution is -0.384. The summed E-state index contributed by atoms with van der Waals surface area (Å²) in [5, 5.41) is 14.4. The van der Waals surface area contributed by atoms with Crippen LogP contribution < -0.4 is 10.2 Å². The Kier molecular flexibility index (Phi) is 6.85. The van der Waals surface area contributed by atoms with Crippen molar-refractivity contribution in [3.05, 3.63) is 57.6 Å². The minimum atomic E-state index is -3.67. The van der Waals surface area contributed by atoms with Crippen molar-refractivity contribution in [2.24, 2.45) is 5.92 Å². The molecule has 1 heterocycles. The van der Waals surface area contributed by atoms with Gasteiger partial charge in [-0.1, -0.05) is 13.0 Å². The average Bonchev–Trinajstić information content (AvgIpc) is 2.75. The third-order valence-electron chi connectivity index (χ3n) is 5.79. The van der Waals surface area contributed by atoms with Crippen molar-refractivity contribution in [3.8, 4) is 0 Å². The van der Waals surface area contributed by atoms with Crippen molar-refractivity contribution in [3.63, 3.8) is 0 Å². The maximum atomic E-state index is 12.9. The fourth-order valence-corrected chi connectivity index (χ4v) is 4.56. The van der Waals surface area contributed by atoms with E-state index in [4.69, 9.17) is 0 Å². The Balaban J connectivity index is 1.89. The molecule has 0 aliphatic carbocycles. The molecule has 0 bridgehead atoms. The molecule has 0 radical (unpaired) electrons. The molecule has 0 unspecified atom stereocenters. The molecular weight excluding hydrogens is 432 g/mol. The number of aryl methyl sites for hydroxylation is 1. The Morgan fingerprint density at radius 2 is 1.81 bits per heavy atom. The molecule has 32 heavy (non-hydrogen) atoms. The van der Waals surface area contributed by atoms with Gasteiger partial charge in [-0.15, -0.1) is 0 Å². The number of sulfonamides is 1. The molecule has 0 spiro atoms. The van der Waals surface area contributed by atoms with Crippen LogP contribution in [0.1, 0.15) is 35.7 Å². The minimum absolute atomic E-state index is 0.0454. The quantitative estimate of drug-likeness (QED) is 0.520. The van der Waals surface area contributed by atoms with E-state index in [1.807, 2.05) is 4.90 Å². The number of hydrogen-bond acceptors (Lipinski definition) is 6. The van der Waals surface area contributed by atoms with Crippen molar-refractivity contribution in [1.82, 2.24) is 4.31 Å². The highest BCUT2D eigenvalue weighted by atomic mass is 32.2. The summed E-state index contributed by atoms with van der Waals surface area (Å²) < 4.78 is 25.9. The Bertz CT molecular complexity index is 1140. The van der Waals surface area contributed by atoms with Gasteiger partial charge in [0.05, 0.1) is 9.82 Å². The molecular formula is C22H28N4O5S. The zero-order chi connectivity index (χ0) is 23.6. The number of amides is 1. The third kappa shape index (κ3) is 4.91. The van der Waals surface area contributed by atoms with Crippen LogP contribution in [0.15, 0.2) is 41.3 Å². The summed E-state index contributed by atoms with van der Waals surface area (Å²) in [7, 11) is -0.814. The number of carbonyl (C=O) groups is 1. The van der Waals surface area contributed by atoms with Gasteiger partial charge in [0.1, 0.15) is 5.69 Å². The lowest BCUT2D eigenvalue weighted by Gasteiger charge is -2.31. The summed E-state index contributed by atoms with van der Waals surface area (Å²) in [6, 6.07) is 8.92. The first-order chi connectivity index (χ1) is 15.0. The van der Waals surface area contributed by atoms with E-state index in [1.165, 1.54) is 32.3 Å². The fourth-order valence-electron chi connectivity index (χ4n) is 3.63. The number of nitro benzene ring substituents is 1. The summed E-state index contributed by atoms with van der Waals surface area (Å²) in [5.74, 6) is 0.0417. The van der Waals surface area contributed by atoms with Crippen LogP contribution in [0.25, 0.3) is 0 Å². The van der Waals surface area contributed by atoms with Crippen LogP contribution in [0, 0.1) is 23.0 Å². The molecule has 1 saturated heterocycles. The normalized spacial score (nSPS) is 15.1. The predicted molar refractivity (Wildman–Crippen MR) is 124 cm³/mol. The number of carbonyl (C=O) groups excluding carboxylic acids is 1. The lowest BCUT2D eigenvalue weighted by atomic mass is 9.98. The number of nitro groups is 1. The molecule has 2 aromatic rings. The largest absolute Gasteiger partial charge is 0.366 e. The zero-order valence-corrected chi connectivity index (χ0v) is 19.5. The van der Waals surface area contributed by atoms with E-state index in [2.05, 4.69) is 12.2 Å². The predicted octanol–water partition coefficient (Wildman–Crippen LogP) is 3.64. The number of rotatable bonds is 6. The summed E-state index contributed by atoms with van der Waals surface area (Å²) in [6.45, 7) is 5.38. The van der Waals surface area contributed by atoms with Crippen molar-refractivity contribution in [2.45, 2.75) is 31.6 Å². The van der Waals surface area contributed by atoms with E-state index in [-0.39, 0.29) is 16.1 Å².